The van der Waals surface area contributed by atoms with Crippen molar-refractivity contribution >= 4 is 10.4 Å². The Hall–Kier alpha value is 0.540. The fraction of sp³-hybridized carbons (Fsp3) is 0. The van der Waals surface area contributed by atoms with Crippen molar-refractivity contribution in [2.75, 3.05) is 0 Å². The van der Waals surface area contributed by atoms with E-state index >= 15 is 0 Å². The summed E-state index contributed by atoms with van der Waals surface area (Å²) >= 11 is 0. The van der Waals surface area contributed by atoms with Crippen molar-refractivity contribution in [1.29, 1.82) is 0 Å². The molecule has 0 spiro atoms. The zero-order chi connectivity index (χ0) is 5.21. The fourth-order valence-corrected chi connectivity index (χ4v) is 0. The molecule has 0 N–H and O–H groups in total. The van der Waals surface area contributed by atoms with E-state index in [2.05, 4.69) is 0 Å². The van der Waals surface area contributed by atoms with Crippen LogP contribution < -0.4 is 0 Å². The van der Waals surface area contributed by atoms with E-state index in [-0.39, 0.29) is 22.4 Å². The van der Waals surface area contributed by atoms with Gasteiger partial charge in [0.25, 0.3) is 0 Å². The van der Waals surface area contributed by atoms with E-state index in [9.17, 15) is 4.53 Å². The molecule has 0 aliphatic rings. The Morgan fingerprint density at radius 1 is 1.57 bits per heavy atom. The zero-order valence-corrected chi connectivity index (χ0v) is 5.02. The van der Waals surface area contributed by atoms with Crippen LogP contribution in [0.1, 0.15) is 0 Å². The van der Waals surface area contributed by atoms with Crippen LogP contribution in [-0.2, 0) is 37.2 Å². The molecular formula is AgFO4S. The maximum Gasteiger partial charge on any atom is 1.00 e. The molecule has 0 heterocycles. The Morgan fingerprint density at radius 2 is 1.71 bits per heavy atom. The zero-order valence-electron chi connectivity index (χ0n) is 2.72. The molecule has 0 atom stereocenters. The minimum absolute atomic E-state index is 0. The molecular weight excluding hydrogens is 223 g/mol. The molecule has 7 heteroatoms. The molecule has 0 fully saturated rings. The van der Waals surface area contributed by atoms with Crippen LogP contribution in [0.15, 0.2) is 0 Å². The average molecular weight is 223 g/mol. The van der Waals surface area contributed by atoms with Crippen molar-refractivity contribution < 1.29 is 44.3 Å². The van der Waals surface area contributed by atoms with Crippen LogP contribution in [0.2, 0.25) is 0 Å². The normalized spacial score (nSPS) is 10.0. The van der Waals surface area contributed by atoms with Gasteiger partial charge in [0.2, 0.25) is 10.4 Å². The summed E-state index contributed by atoms with van der Waals surface area (Å²) in [6.07, 6.45) is 0. The average Bonchev–Trinajstić information content (AvgIpc) is 1.35. The third kappa shape index (κ3) is 10.8. The molecule has 0 aliphatic heterocycles. The van der Waals surface area contributed by atoms with E-state index in [1.807, 2.05) is 4.39 Å². The van der Waals surface area contributed by atoms with Crippen LogP contribution in [-0.4, -0.2) is 13.0 Å². The first-order chi connectivity index (χ1) is 2.56. The van der Waals surface area contributed by atoms with Gasteiger partial charge < -0.3 is 4.55 Å². The van der Waals surface area contributed by atoms with Crippen LogP contribution in [0.5, 0.6) is 0 Å². The summed E-state index contributed by atoms with van der Waals surface area (Å²) in [5, 5.41) is 0. The van der Waals surface area contributed by atoms with Crippen LogP contribution in [0.25, 0.3) is 0 Å². The van der Waals surface area contributed by atoms with Gasteiger partial charge in [0, 0.05) is 0 Å². The summed E-state index contributed by atoms with van der Waals surface area (Å²) in [6, 6.07) is 0. The molecule has 0 saturated heterocycles. The van der Waals surface area contributed by atoms with Crippen LogP contribution >= 0.6 is 0 Å². The molecule has 0 rings (SSSR count). The fourth-order valence-electron chi connectivity index (χ4n) is 0. The Bertz CT molecular complexity index is 114. The molecule has 0 saturated carbocycles. The molecule has 0 unspecified atom stereocenters. The Labute approximate surface area is 55.0 Å². The van der Waals surface area contributed by atoms with Gasteiger partial charge in [-0.25, -0.2) is 8.42 Å². The van der Waals surface area contributed by atoms with Gasteiger partial charge in [0.1, 0.15) is 0 Å². The van der Waals surface area contributed by atoms with Gasteiger partial charge in [0.05, 0.1) is 0 Å². The number of rotatable bonds is 1. The first-order valence-corrected chi connectivity index (χ1v) is 2.15. The van der Waals surface area contributed by atoms with Gasteiger partial charge in [-0.1, -0.05) is 4.39 Å². The summed E-state index contributed by atoms with van der Waals surface area (Å²) < 4.78 is 38.5. The van der Waals surface area contributed by atoms with Gasteiger partial charge >= 0.3 is 22.4 Å². The van der Waals surface area contributed by atoms with E-state index in [1.165, 1.54) is 0 Å². The van der Waals surface area contributed by atoms with Crippen molar-refractivity contribution in [2.45, 2.75) is 0 Å². The predicted octanol–water partition coefficient (Wildman–Crippen LogP) is -0.655. The van der Waals surface area contributed by atoms with Crippen molar-refractivity contribution in [3.05, 3.63) is 0 Å². The summed E-state index contributed by atoms with van der Waals surface area (Å²) in [5.74, 6) is 0. The molecule has 0 aromatic heterocycles. The van der Waals surface area contributed by atoms with Crippen molar-refractivity contribution in [1.82, 2.24) is 0 Å². The maximum atomic E-state index is 10.1. The Kier molecular flexibility index (Phi) is 5.30. The molecule has 0 bridgehead atoms. The molecule has 0 amide bonds. The van der Waals surface area contributed by atoms with Gasteiger partial charge in [0.15, 0.2) is 0 Å². The van der Waals surface area contributed by atoms with E-state index in [4.69, 9.17) is 13.0 Å². The molecule has 7 heavy (non-hydrogen) atoms. The molecule has 0 aliphatic carbocycles. The van der Waals surface area contributed by atoms with Gasteiger partial charge in [-0.2, -0.15) is 0 Å². The van der Waals surface area contributed by atoms with Gasteiger partial charge in [-0.3, -0.25) is 0 Å². The van der Waals surface area contributed by atoms with E-state index < -0.39 is 10.4 Å². The summed E-state index contributed by atoms with van der Waals surface area (Å²) in [4.78, 5) is 0. The van der Waals surface area contributed by atoms with Gasteiger partial charge in [-0.05, 0) is 4.53 Å². The number of hydrogen-bond acceptors (Lipinski definition) is 4. The van der Waals surface area contributed by atoms with E-state index in [0.29, 0.717) is 0 Å². The largest absolute Gasteiger partial charge is 1.00 e. The quantitative estimate of drug-likeness (QED) is 0.336. The van der Waals surface area contributed by atoms with E-state index in [1.54, 1.807) is 0 Å². The maximum absolute atomic E-state index is 10.1. The SMILES string of the molecule is O=S(=O)([O-])OF.[Ag+]. The van der Waals surface area contributed by atoms with Gasteiger partial charge in [-0.15, -0.1) is 0 Å². The second kappa shape index (κ2) is 3.53. The number of halogens is 1. The van der Waals surface area contributed by atoms with Crippen molar-refractivity contribution in [2.24, 2.45) is 0 Å². The predicted molar refractivity (Wildman–Crippen MR) is 11.9 cm³/mol. The second-order valence-electron chi connectivity index (χ2n) is 0.471. The topological polar surface area (TPSA) is 66.4 Å². The second-order valence-corrected chi connectivity index (χ2v) is 1.41. The third-order valence-corrected chi connectivity index (χ3v) is 0.231. The summed E-state index contributed by atoms with van der Waals surface area (Å²) in [5.41, 5.74) is 0. The molecule has 4 nitrogen and oxygen atoms in total. The van der Waals surface area contributed by atoms with Crippen molar-refractivity contribution in [3.8, 4) is 0 Å². The minimum Gasteiger partial charge on any atom is -0.724 e. The van der Waals surface area contributed by atoms with Crippen molar-refractivity contribution in [3.63, 3.8) is 0 Å². The van der Waals surface area contributed by atoms with Crippen LogP contribution in [0.3, 0.4) is 0 Å². The first kappa shape index (κ1) is 10.5. The third-order valence-electron chi connectivity index (χ3n) is 0.0772. The molecule has 0 aromatic carbocycles. The molecule has 0 aromatic rings. The monoisotopic (exact) mass is 222 g/mol. The number of hydrogen-bond donors (Lipinski definition) is 0. The smallest absolute Gasteiger partial charge is 0.724 e. The Balaban J connectivity index is 0. The first-order valence-electron chi connectivity index (χ1n) is 0.821. The summed E-state index contributed by atoms with van der Waals surface area (Å²) in [6.45, 7) is 0. The van der Waals surface area contributed by atoms with Crippen LogP contribution in [0.4, 0.5) is 4.53 Å². The minimum atomic E-state index is -5.08. The Morgan fingerprint density at radius 3 is 1.71 bits per heavy atom. The van der Waals surface area contributed by atoms with E-state index in [0.717, 1.165) is 0 Å². The molecule has 0 radical (unpaired) electrons. The van der Waals surface area contributed by atoms with Crippen LogP contribution in [0, 0.1) is 0 Å². The molecule has 48 valence electrons. The standard InChI is InChI=1S/Ag.FHO4S/c;1-5-6(2,3)4/h;(H,2,3,4)/q+1;/p-1. The summed E-state index contributed by atoms with van der Waals surface area (Å²) in [7, 11) is -5.08.